The Hall–Kier alpha value is -3.66. The summed E-state index contributed by atoms with van der Waals surface area (Å²) in [4.78, 5) is 17.7. The number of rotatable bonds is 6. The Morgan fingerprint density at radius 2 is 1.81 bits per heavy atom. The predicted molar refractivity (Wildman–Crippen MR) is 141 cm³/mol. The van der Waals surface area contributed by atoms with Crippen LogP contribution in [0.3, 0.4) is 0 Å². The lowest BCUT2D eigenvalue weighted by molar-refractivity contribution is 0.396. The molecule has 0 aliphatic heterocycles. The molecule has 11 heteroatoms. The minimum Gasteiger partial charge on any atom is -0.479 e. The fraction of sp³-hybridized carbons (Fsp3) is 0.115. The highest BCUT2D eigenvalue weighted by Crippen LogP contribution is 2.35. The van der Waals surface area contributed by atoms with Crippen LogP contribution in [0.25, 0.3) is 27.8 Å². The van der Waals surface area contributed by atoms with Gasteiger partial charge in [-0.1, -0.05) is 34.4 Å². The Kier molecular flexibility index (Phi) is 6.53. The molecule has 0 amide bonds. The molecule has 5 rings (SSSR count). The van der Waals surface area contributed by atoms with Crippen LogP contribution in [-0.4, -0.2) is 30.2 Å². The molecule has 0 fully saturated rings. The molecule has 0 saturated carbocycles. The molecule has 0 radical (unpaired) electrons. The van der Waals surface area contributed by atoms with Gasteiger partial charge in [-0.15, -0.1) is 0 Å². The van der Waals surface area contributed by atoms with Crippen molar-refractivity contribution < 1.29 is 17.7 Å². The van der Waals surface area contributed by atoms with E-state index in [2.05, 4.69) is 10.1 Å². The lowest BCUT2D eigenvalue weighted by atomic mass is 10.1. The van der Waals surface area contributed by atoms with Crippen LogP contribution in [0.2, 0.25) is 10.0 Å². The third kappa shape index (κ3) is 4.73. The van der Waals surface area contributed by atoms with Gasteiger partial charge in [0.25, 0.3) is 5.56 Å². The predicted octanol–water partition coefficient (Wildman–Crippen LogP) is 5.64. The molecule has 37 heavy (non-hydrogen) atoms. The van der Waals surface area contributed by atoms with E-state index in [4.69, 9.17) is 32.5 Å². The van der Waals surface area contributed by atoms with Gasteiger partial charge in [-0.25, -0.2) is 13.4 Å². The van der Waals surface area contributed by atoms with Crippen molar-refractivity contribution in [3.63, 3.8) is 0 Å². The van der Waals surface area contributed by atoms with Crippen LogP contribution < -0.4 is 10.3 Å². The van der Waals surface area contributed by atoms with Gasteiger partial charge in [0.2, 0.25) is 5.88 Å². The minimum absolute atomic E-state index is 0.0878. The highest BCUT2D eigenvalue weighted by Gasteiger charge is 2.21. The van der Waals surface area contributed by atoms with Crippen LogP contribution in [0, 0.1) is 6.92 Å². The van der Waals surface area contributed by atoms with E-state index in [0.29, 0.717) is 38.0 Å². The smallest absolute Gasteiger partial charge is 0.255 e. The second kappa shape index (κ2) is 9.66. The molecule has 0 unspecified atom stereocenters. The highest BCUT2D eigenvalue weighted by atomic mass is 35.5. The van der Waals surface area contributed by atoms with Gasteiger partial charge < -0.3 is 9.26 Å². The number of fused-ring (bicyclic) bond motifs is 1. The van der Waals surface area contributed by atoms with Crippen molar-refractivity contribution >= 4 is 43.9 Å². The monoisotopic (exact) mass is 555 g/mol. The average Bonchev–Trinajstić information content (AvgIpc) is 3.37. The molecule has 2 aromatic carbocycles. The lowest BCUT2D eigenvalue weighted by Gasteiger charge is -2.16. The summed E-state index contributed by atoms with van der Waals surface area (Å²) < 4.78 is 37.5. The third-order valence-corrected chi connectivity index (χ3v) is 8.20. The van der Waals surface area contributed by atoms with Gasteiger partial charge in [0.05, 0.1) is 33.9 Å². The third-order valence-electron chi connectivity index (χ3n) is 5.84. The largest absolute Gasteiger partial charge is 0.479 e. The molecule has 3 aromatic heterocycles. The second-order valence-corrected chi connectivity index (χ2v) is 11.1. The van der Waals surface area contributed by atoms with E-state index in [1.54, 1.807) is 30.3 Å². The first-order chi connectivity index (χ1) is 17.7. The zero-order valence-electron chi connectivity index (χ0n) is 19.6. The number of hydrogen-bond acceptors (Lipinski definition) is 7. The first-order valence-electron chi connectivity index (χ1n) is 11.0. The minimum atomic E-state index is -3.70. The van der Waals surface area contributed by atoms with Crippen molar-refractivity contribution in [2.75, 3.05) is 7.11 Å². The number of hydrogen-bond donors (Lipinski definition) is 0. The van der Waals surface area contributed by atoms with Crippen molar-refractivity contribution in [2.24, 2.45) is 0 Å². The number of sulfone groups is 1. The maximum Gasteiger partial charge on any atom is 0.255 e. The number of benzene rings is 2. The van der Waals surface area contributed by atoms with Crippen LogP contribution in [-0.2, 0) is 15.6 Å². The summed E-state index contributed by atoms with van der Waals surface area (Å²) in [5.41, 5.74) is 2.78. The van der Waals surface area contributed by atoms with Gasteiger partial charge in [0.1, 0.15) is 17.7 Å². The lowest BCUT2D eigenvalue weighted by Crippen LogP contribution is -2.19. The Morgan fingerprint density at radius 3 is 2.51 bits per heavy atom. The van der Waals surface area contributed by atoms with Crippen molar-refractivity contribution in [3.8, 4) is 22.8 Å². The SMILES string of the molecule is COc1nc(-c2ccc(Cl)c(C)c2)c(Cl)cc1-n1c(=O)ccc2cc(S(=O)(=O)Cc3ccon3)ccc21. The summed E-state index contributed by atoms with van der Waals surface area (Å²) in [5.74, 6) is -0.141. The van der Waals surface area contributed by atoms with Crippen molar-refractivity contribution in [3.05, 3.63) is 98.6 Å². The van der Waals surface area contributed by atoms with Gasteiger partial charge >= 0.3 is 0 Å². The molecular formula is C26H19Cl2N3O5S. The molecule has 0 aliphatic carbocycles. The Bertz CT molecular complexity index is 1820. The number of methoxy groups -OCH3 is 1. The number of aryl methyl sites for hydroxylation is 1. The van der Waals surface area contributed by atoms with Gasteiger partial charge in [0, 0.05) is 28.1 Å². The van der Waals surface area contributed by atoms with Crippen LogP contribution >= 0.6 is 23.2 Å². The van der Waals surface area contributed by atoms with E-state index in [1.807, 2.05) is 13.0 Å². The normalized spacial score (nSPS) is 11.7. The molecule has 0 saturated heterocycles. The molecule has 0 N–H and O–H groups in total. The van der Waals surface area contributed by atoms with E-state index >= 15 is 0 Å². The molecule has 0 bridgehead atoms. The molecule has 5 aromatic rings. The molecule has 3 heterocycles. The molecule has 0 atom stereocenters. The summed E-state index contributed by atoms with van der Waals surface area (Å²) in [6, 6.07) is 15.9. The zero-order chi connectivity index (χ0) is 26.3. The molecule has 0 spiro atoms. The summed E-state index contributed by atoms with van der Waals surface area (Å²) in [7, 11) is -2.26. The van der Waals surface area contributed by atoms with Crippen molar-refractivity contribution in [2.45, 2.75) is 17.6 Å². The van der Waals surface area contributed by atoms with Crippen LogP contribution in [0.4, 0.5) is 0 Å². The van der Waals surface area contributed by atoms with Crippen molar-refractivity contribution in [1.29, 1.82) is 0 Å². The quantitative estimate of drug-likeness (QED) is 0.267. The number of nitrogens with zero attached hydrogens (tertiary/aromatic N) is 3. The Balaban J connectivity index is 1.64. The molecule has 0 aliphatic rings. The topological polar surface area (TPSA) is 104 Å². The Morgan fingerprint density at radius 1 is 1.00 bits per heavy atom. The van der Waals surface area contributed by atoms with Gasteiger partial charge in [-0.3, -0.25) is 9.36 Å². The van der Waals surface area contributed by atoms with Crippen molar-refractivity contribution in [1.82, 2.24) is 14.7 Å². The number of halogens is 2. The highest BCUT2D eigenvalue weighted by molar-refractivity contribution is 7.90. The molecule has 8 nitrogen and oxygen atoms in total. The van der Waals surface area contributed by atoms with Crippen LogP contribution in [0.5, 0.6) is 5.88 Å². The second-order valence-electron chi connectivity index (χ2n) is 8.29. The average molecular weight is 556 g/mol. The van der Waals surface area contributed by atoms with E-state index in [1.165, 1.54) is 42.2 Å². The van der Waals surface area contributed by atoms with E-state index in [-0.39, 0.29) is 22.1 Å². The zero-order valence-corrected chi connectivity index (χ0v) is 21.9. The fourth-order valence-corrected chi connectivity index (χ4v) is 5.68. The maximum absolute atomic E-state index is 13.0. The standard InChI is InChI=1S/C26H19Cl2N3O5S/c1-15-11-17(3-6-20(15)27)25-21(28)13-23(26(29-25)35-2)31-22-7-5-19(12-16(22)4-8-24(31)32)37(33,34)14-18-9-10-36-30-18/h3-13H,14H2,1-2H3. The van der Waals surface area contributed by atoms with Crippen LogP contribution in [0.15, 0.2) is 81.1 Å². The fourth-order valence-electron chi connectivity index (χ4n) is 4.02. The van der Waals surface area contributed by atoms with Crippen LogP contribution in [0.1, 0.15) is 11.3 Å². The number of aromatic nitrogens is 3. The summed E-state index contributed by atoms with van der Waals surface area (Å²) in [6.07, 6.45) is 1.32. The van der Waals surface area contributed by atoms with E-state index in [9.17, 15) is 13.2 Å². The van der Waals surface area contributed by atoms with E-state index < -0.39 is 9.84 Å². The first-order valence-corrected chi connectivity index (χ1v) is 13.4. The summed E-state index contributed by atoms with van der Waals surface area (Å²) >= 11 is 12.8. The molecular weight excluding hydrogens is 537 g/mol. The first kappa shape index (κ1) is 25.0. The number of pyridine rings is 2. The van der Waals surface area contributed by atoms with Gasteiger partial charge in [-0.2, -0.15) is 0 Å². The maximum atomic E-state index is 13.0. The summed E-state index contributed by atoms with van der Waals surface area (Å²) in [5, 5.41) is 5.12. The van der Waals surface area contributed by atoms with Gasteiger partial charge in [-0.05, 0) is 55.0 Å². The molecule has 188 valence electrons. The van der Waals surface area contributed by atoms with E-state index in [0.717, 1.165) is 11.1 Å². The summed E-state index contributed by atoms with van der Waals surface area (Å²) in [6.45, 7) is 1.88. The number of ether oxygens (including phenoxy) is 1. The Labute approximate surface area is 222 Å². The van der Waals surface area contributed by atoms with Gasteiger partial charge in [0.15, 0.2) is 9.84 Å².